The molecule has 0 saturated carbocycles. The Hall–Kier alpha value is -1.96. The number of thiocarbonyl (C=S) groups is 1. The van der Waals surface area contributed by atoms with E-state index in [1.165, 1.54) is 11.8 Å². The standard InChI is InChI=1S/C19H22N2O3S2/c1-12(22)26-16-10-5-7-13-6-4-8-14(17(13)16)18(25)21-11-3-2-9-15(20)19(23)24/h4-8,10,15H,2-3,9,11,20H2,1H3,(H,21,25)(H,23,24)/t15-/m0/s1. The van der Waals surface area contributed by atoms with Gasteiger partial charge in [0.1, 0.15) is 11.0 Å². The van der Waals surface area contributed by atoms with E-state index in [0.717, 1.165) is 27.7 Å². The predicted molar refractivity (Wildman–Crippen MR) is 110 cm³/mol. The molecule has 2 rings (SSSR count). The molecule has 0 heterocycles. The molecule has 0 aliphatic carbocycles. The first-order valence-corrected chi connectivity index (χ1v) is 9.59. The van der Waals surface area contributed by atoms with Gasteiger partial charge in [-0.1, -0.05) is 54.3 Å². The Bertz CT molecular complexity index is 818. The highest BCUT2D eigenvalue weighted by atomic mass is 32.2. The van der Waals surface area contributed by atoms with Crippen LogP contribution in [0.2, 0.25) is 0 Å². The Morgan fingerprint density at radius 2 is 1.92 bits per heavy atom. The number of nitrogens with one attached hydrogen (secondary N) is 1. The largest absolute Gasteiger partial charge is 0.480 e. The highest BCUT2D eigenvalue weighted by molar-refractivity contribution is 8.13. The molecule has 2 aromatic rings. The molecule has 0 unspecified atom stereocenters. The van der Waals surface area contributed by atoms with Gasteiger partial charge >= 0.3 is 5.97 Å². The highest BCUT2D eigenvalue weighted by Crippen LogP contribution is 2.31. The van der Waals surface area contributed by atoms with Crippen molar-refractivity contribution in [2.45, 2.75) is 37.1 Å². The van der Waals surface area contributed by atoms with Crippen molar-refractivity contribution in [1.82, 2.24) is 5.32 Å². The summed E-state index contributed by atoms with van der Waals surface area (Å²) in [5, 5.41) is 14.0. The highest BCUT2D eigenvalue weighted by Gasteiger charge is 2.13. The fourth-order valence-corrected chi connectivity index (χ4v) is 3.70. The van der Waals surface area contributed by atoms with E-state index in [0.29, 0.717) is 24.4 Å². The zero-order chi connectivity index (χ0) is 19.1. The summed E-state index contributed by atoms with van der Waals surface area (Å²) < 4.78 is 0. The number of unbranched alkanes of at least 4 members (excludes halogenated alkanes) is 1. The van der Waals surface area contributed by atoms with Crippen LogP contribution in [0, 0.1) is 0 Å². The summed E-state index contributed by atoms with van der Waals surface area (Å²) in [5.74, 6) is -0.972. The lowest BCUT2D eigenvalue weighted by molar-refractivity contribution is -0.138. The van der Waals surface area contributed by atoms with E-state index in [2.05, 4.69) is 5.32 Å². The van der Waals surface area contributed by atoms with Gasteiger partial charge in [0.15, 0.2) is 5.12 Å². The second-order valence-corrected chi connectivity index (χ2v) is 7.58. The van der Waals surface area contributed by atoms with Gasteiger partial charge in [0.2, 0.25) is 0 Å². The van der Waals surface area contributed by atoms with Crippen molar-refractivity contribution in [1.29, 1.82) is 0 Å². The number of hydrogen-bond acceptors (Lipinski definition) is 5. The lowest BCUT2D eigenvalue weighted by atomic mass is 10.0. The number of benzene rings is 2. The fourth-order valence-electron chi connectivity index (χ4n) is 2.65. The number of thioether (sulfide) groups is 1. The van der Waals surface area contributed by atoms with E-state index in [9.17, 15) is 9.59 Å². The van der Waals surface area contributed by atoms with Crippen molar-refractivity contribution in [2.75, 3.05) is 6.54 Å². The van der Waals surface area contributed by atoms with E-state index in [4.69, 9.17) is 23.1 Å². The third-order valence-corrected chi connectivity index (χ3v) is 5.12. The zero-order valence-electron chi connectivity index (χ0n) is 14.5. The lowest BCUT2D eigenvalue weighted by Crippen LogP contribution is -2.30. The SMILES string of the molecule is CC(=O)Sc1cccc2cccc(C(=S)NCCCC[C@H](N)C(=O)O)c12. The molecule has 0 aromatic heterocycles. The minimum Gasteiger partial charge on any atom is -0.480 e. The van der Waals surface area contributed by atoms with Gasteiger partial charge in [-0.15, -0.1) is 0 Å². The number of carbonyl (C=O) groups excluding carboxylic acids is 1. The summed E-state index contributed by atoms with van der Waals surface area (Å²) in [4.78, 5) is 23.8. The average molecular weight is 391 g/mol. The van der Waals surface area contributed by atoms with Crippen molar-refractivity contribution in [3.8, 4) is 0 Å². The molecule has 0 saturated heterocycles. The predicted octanol–water partition coefficient (Wildman–Crippen LogP) is 3.33. The molecule has 0 aliphatic rings. The maximum atomic E-state index is 11.5. The van der Waals surface area contributed by atoms with Gasteiger partial charge in [-0.2, -0.15) is 0 Å². The number of aliphatic carboxylic acids is 1. The lowest BCUT2D eigenvalue weighted by Gasteiger charge is -2.13. The summed E-state index contributed by atoms with van der Waals surface area (Å²) in [6.45, 7) is 2.19. The van der Waals surface area contributed by atoms with Crippen molar-refractivity contribution in [3.63, 3.8) is 0 Å². The molecule has 0 aliphatic heterocycles. The number of carboxylic acids is 1. The zero-order valence-corrected chi connectivity index (χ0v) is 16.2. The molecule has 26 heavy (non-hydrogen) atoms. The van der Waals surface area contributed by atoms with E-state index in [-0.39, 0.29) is 5.12 Å². The van der Waals surface area contributed by atoms with E-state index in [1.807, 2.05) is 36.4 Å². The van der Waals surface area contributed by atoms with Gasteiger partial charge in [-0.3, -0.25) is 9.59 Å². The average Bonchev–Trinajstić information content (AvgIpc) is 2.60. The summed E-state index contributed by atoms with van der Waals surface area (Å²) in [7, 11) is 0. The molecule has 2 aromatic carbocycles. The van der Waals surface area contributed by atoms with Gasteiger partial charge in [-0.25, -0.2) is 0 Å². The molecular formula is C19H22N2O3S2. The number of nitrogens with two attached hydrogens (primary N) is 1. The van der Waals surface area contributed by atoms with Crippen LogP contribution in [0.3, 0.4) is 0 Å². The molecule has 7 heteroatoms. The summed E-state index contributed by atoms with van der Waals surface area (Å²) >= 11 is 6.74. The van der Waals surface area contributed by atoms with Crippen LogP contribution >= 0.6 is 24.0 Å². The maximum Gasteiger partial charge on any atom is 0.320 e. The number of carbonyl (C=O) groups is 2. The third-order valence-electron chi connectivity index (χ3n) is 3.91. The summed E-state index contributed by atoms with van der Waals surface area (Å²) in [6.07, 6.45) is 1.93. The maximum absolute atomic E-state index is 11.5. The van der Waals surface area contributed by atoms with Gasteiger partial charge in [-0.05, 0) is 30.7 Å². The molecular weight excluding hydrogens is 368 g/mol. The summed E-state index contributed by atoms with van der Waals surface area (Å²) in [5.41, 5.74) is 6.39. The van der Waals surface area contributed by atoms with Crippen LogP contribution in [0.4, 0.5) is 0 Å². The monoisotopic (exact) mass is 390 g/mol. The molecule has 0 spiro atoms. The van der Waals surface area contributed by atoms with E-state index < -0.39 is 12.0 Å². The Balaban J connectivity index is 2.05. The van der Waals surface area contributed by atoms with Gasteiger partial charge in [0.25, 0.3) is 0 Å². The van der Waals surface area contributed by atoms with Crippen LogP contribution in [-0.4, -0.2) is 33.8 Å². The van der Waals surface area contributed by atoms with Crippen LogP contribution in [0.25, 0.3) is 10.8 Å². The number of fused-ring (bicyclic) bond motifs is 1. The first-order valence-electron chi connectivity index (χ1n) is 8.37. The van der Waals surface area contributed by atoms with Crippen molar-refractivity contribution in [2.24, 2.45) is 5.73 Å². The Morgan fingerprint density at radius 3 is 2.58 bits per heavy atom. The summed E-state index contributed by atoms with van der Waals surface area (Å²) in [6, 6.07) is 10.9. The number of hydrogen-bond donors (Lipinski definition) is 3. The smallest absolute Gasteiger partial charge is 0.320 e. The Kier molecular flexibility index (Phi) is 7.56. The molecule has 0 amide bonds. The van der Waals surface area contributed by atoms with Crippen LogP contribution in [0.5, 0.6) is 0 Å². The molecule has 0 fully saturated rings. The first-order chi connectivity index (χ1) is 12.4. The number of rotatable bonds is 8. The molecule has 0 bridgehead atoms. The minimum absolute atomic E-state index is 0.0287. The molecule has 138 valence electrons. The van der Waals surface area contributed by atoms with E-state index in [1.54, 1.807) is 6.92 Å². The normalized spacial score (nSPS) is 11.9. The van der Waals surface area contributed by atoms with Crippen LogP contribution < -0.4 is 11.1 Å². The third kappa shape index (κ3) is 5.52. The first kappa shape index (κ1) is 20.4. The van der Waals surface area contributed by atoms with Crippen molar-refractivity contribution < 1.29 is 14.7 Å². The van der Waals surface area contributed by atoms with Crippen LogP contribution in [0.15, 0.2) is 41.3 Å². The van der Waals surface area contributed by atoms with Gasteiger partial charge in [0, 0.05) is 29.3 Å². The molecule has 5 nitrogen and oxygen atoms in total. The van der Waals surface area contributed by atoms with Crippen LogP contribution in [-0.2, 0) is 9.59 Å². The quantitative estimate of drug-likeness (QED) is 0.362. The minimum atomic E-state index is -0.972. The van der Waals surface area contributed by atoms with Gasteiger partial charge < -0.3 is 16.2 Å². The van der Waals surface area contributed by atoms with E-state index >= 15 is 0 Å². The fraction of sp³-hybridized carbons (Fsp3) is 0.316. The Morgan fingerprint density at radius 1 is 1.23 bits per heavy atom. The molecule has 1 atom stereocenters. The Labute approximate surface area is 162 Å². The van der Waals surface area contributed by atoms with Crippen molar-refractivity contribution >= 4 is 50.8 Å². The topological polar surface area (TPSA) is 92.4 Å². The molecule has 0 radical (unpaired) electrons. The second kappa shape index (κ2) is 9.66. The number of carboxylic acid groups (broad SMARTS) is 1. The van der Waals surface area contributed by atoms with Crippen molar-refractivity contribution in [3.05, 3.63) is 42.0 Å². The molecule has 4 N–H and O–H groups in total. The second-order valence-electron chi connectivity index (χ2n) is 5.95. The van der Waals surface area contributed by atoms with Crippen LogP contribution in [0.1, 0.15) is 31.7 Å². The van der Waals surface area contributed by atoms with Gasteiger partial charge in [0.05, 0.1) is 0 Å².